The highest BCUT2D eigenvalue weighted by Gasteiger charge is 2.37. The van der Waals surface area contributed by atoms with E-state index in [0.29, 0.717) is 0 Å². The molecule has 8 aromatic rings. The van der Waals surface area contributed by atoms with E-state index in [4.69, 9.17) is 0 Å². The quantitative estimate of drug-likeness (QED) is 0.185. The molecule has 9 rings (SSSR count). The molecule has 8 aromatic carbocycles. The molecule has 0 nitrogen and oxygen atoms in total. The van der Waals surface area contributed by atoms with Gasteiger partial charge in [-0.3, -0.25) is 0 Å². The highest BCUT2D eigenvalue weighted by Crippen LogP contribution is 2.52. The van der Waals surface area contributed by atoms with E-state index in [1.54, 1.807) is 0 Å². The summed E-state index contributed by atoms with van der Waals surface area (Å²) in [5.41, 5.74) is 13.2. The largest absolute Gasteiger partial charge is 0.0619 e. The van der Waals surface area contributed by atoms with Gasteiger partial charge in [0.05, 0.1) is 0 Å². The summed E-state index contributed by atoms with van der Waals surface area (Å²) in [4.78, 5) is 0. The minimum absolute atomic E-state index is 0.0714. The molecule has 0 N–H and O–H groups in total. The molecule has 0 amide bonds. The zero-order valence-electron chi connectivity index (χ0n) is 25.5. The first-order valence-corrected chi connectivity index (χ1v) is 15.9. The van der Waals surface area contributed by atoms with Crippen molar-refractivity contribution < 1.29 is 0 Å². The predicted molar refractivity (Wildman–Crippen MR) is 193 cm³/mol. The molecule has 0 aromatic heterocycles. The van der Waals surface area contributed by atoms with Crippen LogP contribution in [0.2, 0.25) is 0 Å². The maximum atomic E-state index is 2.42. The average Bonchev–Trinajstić information content (AvgIpc) is 3.33. The number of benzene rings is 8. The molecule has 0 bridgehead atoms. The van der Waals surface area contributed by atoms with E-state index in [9.17, 15) is 0 Å². The number of fused-ring (bicyclic) bond motifs is 6. The third-order valence-corrected chi connectivity index (χ3v) is 10.0. The normalized spacial score (nSPS) is 13.3. The second kappa shape index (κ2) is 9.78. The Bertz CT molecular complexity index is 2390. The second-order valence-corrected chi connectivity index (χ2v) is 12.8. The number of rotatable bonds is 3. The average molecular weight is 573 g/mol. The van der Waals surface area contributed by atoms with E-state index in [0.717, 1.165) is 0 Å². The smallest absolute Gasteiger partial charge is 0.0165 e. The first-order valence-electron chi connectivity index (χ1n) is 15.9. The van der Waals surface area contributed by atoms with Gasteiger partial charge in [0.25, 0.3) is 0 Å². The van der Waals surface area contributed by atoms with Crippen LogP contribution in [0.4, 0.5) is 0 Å². The van der Waals surface area contributed by atoms with Gasteiger partial charge in [0, 0.05) is 5.41 Å². The van der Waals surface area contributed by atoms with Crippen molar-refractivity contribution in [3.63, 3.8) is 0 Å². The van der Waals surface area contributed by atoms with Crippen molar-refractivity contribution in [3.05, 3.63) is 169 Å². The van der Waals surface area contributed by atoms with Gasteiger partial charge in [0.2, 0.25) is 0 Å². The van der Waals surface area contributed by atoms with Crippen LogP contribution < -0.4 is 0 Å². The molecule has 0 atom stereocenters. The molecule has 0 saturated heterocycles. The monoisotopic (exact) mass is 572 g/mol. The van der Waals surface area contributed by atoms with Gasteiger partial charge in [-0.25, -0.2) is 0 Å². The van der Waals surface area contributed by atoms with Crippen LogP contribution in [-0.4, -0.2) is 0 Å². The third kappa shape index (κ3) is 3.79. The van der Waals surface area contributed by atoms with Crippen molar-refractivity contribution in [1.29, 1.82) is 0 Å². The van der Waals surface area contributed by atoms with Gasteiger partial charge >= 0.3 is 0 Å². The van der Waals surface area contributed by atoms with Crippen LogP contribution in [0.5, 0.6) is 0 Å². The van der Waals surface area contributed by atoms with Gasteiger partial charge < -0.3 is 0 Å². The lowest BCUT2D eigenvalue weighted by atomic mass is 9.78. The summed E-state index contributed by atoms with van der Waals surface area (Å²) in [6.45, 7) is 4.75. The van der Waals surface area contributed by atoms with Gasteiger partial charge in [-0.05, 0) is 94.0 Å². The van der Waals surface area contributed by atoms with E-state index in [2.05, 4.69) is 172 Å². The summed E-state index contributed by atoms with van der Waals surface area (Å²) < 4.78 is 0. The highest BCUT2D eigenvalue weighted by atomic mass is 14.4. The van der Waals surface area contributed by atoms with Crippen molar-refractivity contribution in [1.82, 2.24) is 0 Å². The van der Waals surface area contributed by atoms with Gasteiger partial charge in [0.1, 0.15) is 0 Å². The first kappa shape index (κ1) is 26.0. The molecule has 0 fully saturated rings. The van der Waals surface area contributed by atoms with Gasteiger partial charge in [-0.2, -0.15) is 0 Å². The Kier molecular flexibility index (Phi) is 5.64. The molecule has 0 saturated carbocycles. The van der Waals surface area contributed by atoms with E-state index >= 15 is 0 Å². The Balaban J connectivity index is 1.31. The SMILES string of the molecule is CC1(C)c2ccccc2-c2cccc(-c3cccc(-c4c5ccccc5c(-c5cccc6ccccc56)c5ccccc45)c3)c21. The van der Waals surface area contributed by atoms with Crippen molar-refractivity contribution in [3.8, 4) is 44.5 Å². The lowest BCUT2D eigenvalue weighted by Gasteiger charge is -2.25. The molecule has 0 radical (unpaired) electrons. The Morgan fingerprint density at radius 1 is 0.356 bits per heavy atom. The molecule has 1 aliphatic carbocycles. The minimum atomic E-state index is -0.0714. The maximum Gasteiger partial charge on any atom is 0.0165 e. The van der Waals surface area contributed by atoms with Gasteiger partial charge in [-0.1, -0.05) is 166 Å². The van der Waals surface area contributed by atoms with Crippen LogP contribution in [0.1, 0.15) is 25.0 Å². The van der Waals surface area contributed by atoms with Gasteiger partial charge in [0.15, 0.2) is 0 Å². The molecular weight excluding hydrogens is 540 g/mol. The Hall–Kier alpha value is -5.46. The first-order chi connectivity index (χ1) is 22.1. The van der Waals surface area contributed by atoms with Crippen LogP contribution in [0.3, 0.4) is 0 Å². The number of hydrogen-bond acceptors (Lipinski definition) is 0. The van der Waals surface area contributed by atoms with Crippen molar-refractivity contribution in [2.75, 3.05) is 0 Å². The zero-order valence-corrected chi connectivity index (χ0v) is 25.5. The van der Waals surface area contributed by atoms with Crippen molar-refractivity contribution in [2.45, 2.75) is 19.3 Å². The Morgan fingerprint density at radius 2 is 0.844 bits per heavy atom. The highest BCUT2D eigenvalue weighted by molar-refractivity contribution is 6.23. The summed E-state index contributed by atoms with van der Waals surface area (Å²) in [6, 6.07) is 58.3. The molecular formula is C45H32. The fourth-order valence-corrected chi connectivity index (χ4v) is 8.10. The van der Waals surface area contributed by atoms with Crippen LogP contribution in [0.25, 0.3) is 76.8 Å². The second-order valence-electron chi connectivity index (χ2n) is 12.8. The molecule has 0 heteroatoms. The topological polar surface area (TPSA) is 0 Å². The summed E-state index contributed by atoms with van der Waals surface area (Å²) in [5.74, 6) is 0. The summed E-state index contributed by atoms with van der Waals surface area (Å²) in [7, 11) is 0. The van der Waals surface area contributed by atoms with Crippen molar-refractivity contribution in [2.24, 2.45) is 0 Å². The Labute approximate surface area is 264 Å². The van der Waals surface area contributed by atoms with E-state index in [-0.39, 0.29) is 5.41 Å². The predicted octanol–water partition coefficient (Wildman–Crippen LogP) is 12.5. The lowest BCUT2D eigenvalue weighted by molar-refractivity contribution is 0.662. The Morgan fingerprint density at radius 3 is 1.60 bits per heavy atom. The van der Waals surface area contributed by atoms with Crippen molar-refractivity contribution >= 4 is 32.3 Å². The fraction of sp³-hybridized carbons (Fsp3) is 0.0667. The number of hydrogen-bond donors (Lipinski definition) is 0. The molecule has 0 aliphatic heterocycles. The van der Waals surface area contributed by atoms with Gasteiger partial charge in [-0.15, -0.1) is 0 Å². The van der Waals surface area contributed by atoms with Crippen LogP contribution in [0.15, 0.2) is 158 Å². The summed E-state index contributed by atoms with van der Waals surface area (Å²) in [6.07, 6.45) is 0. The lowest BCUT2D eigenvalue weighted by Crippen LogP contribution is -2.16. The van der Waals surface area contributed by atoms with E-state index in [1.807, 2.05) is 0 Å². The molecule has 45 heavy (non-hydrogen) atoms. The van der Waals surface area contributed by atoms with Crippen LogP contribution >= 0.6 is 0 Å². The minimum Gasteiger partial charge on any atom is -0.0619 e. The third-order valence-electron chi connectivity index (χ3n) is 10.0. The molecule has 0 unspecified atom stereocenters. The molecule has 0 spiro atoms. The summed E-state index contributed by atoms with van der Waals surface area (Å²) >= 11 is 0. The fourth-order valence-electron chi connectivity index (χ4n) is 8.10. The van der Waals surface area contributed by atoms with Crippen LogP contribution in [0, 0.1) is 0 Å². The van der Waals surface area contributed by atoms with E-state index in [1.165, 1.54) is 88.0 Å². The summed E-state index contributed by atoms with van der Waals surface area (Å²) in [5, 5.41) is 7.67. The maximum absolute atomic E-state index is 2.42. The molecule has 212 valence electrons. The molecule has 0 heterocycles. The molecule has 1 aliphatic rings. The zero-order chi connectivity index (χ0) is 30.1. The van der Waals surface area contributed by atoms with E-state index < -0.39 is 0 Å². The standard InChI is InChI=1S/C45H32/c1-45(2)41-27-10-9-19-34(41)40-26-13-24-33(44(40)45)30-16-11-17-31(28-30)42-36-20-5-7-22-38(36)43(39-23-8-6-21-37(39)42)35-25-12-15-29-14-3-4-18-32(29)35/h3-28H,1-2H3. The van der Waals surface area contributed by atoms with Crippen LogP contribution in [-0.2, 0) is 5.41 Å².